The van der Waals surface area contributed by atoms with E-state index in [9.17, 15) is 0 Å². The van der Waals surface area contributed by atoms with Crippen molar-refractivity contribution in [2.75, 3.05) is 5.32 Å². The third-order valence-corrected chi connectivity index (χ3v) is 4.75. The summed E-state index contributed by atoms with van der Waals surface area (Å²) in [5.74, 6) is 0.371. The zero-order valence-corrected chi connectivity index (χ0v) is 15.3. The number of anilines is 2. The minimum atomic E-state index is 0.324. The number of aromatic nitrogens is 2. The lowest BCUT2D eigenvalue weighted by molar-refractivity contribution is 1.05. The summed E-state index contributed by atoms with van der Waals surface area (Å²) in [5, 5.41) is 21.9. The summed E-state index contributed by atoms with van der Waals surface area (Å²) < 4.78 is 0. The first kappa shape index (κ1) is 17.8. The van der Waals surface area contributed by atoms with E-state index in [1.165, 1.54) is 11.8 Å². The Morgan fingerprint density at radius 2 is 1.65 bits per heavy atom. The Morgan fingerprint density at radius 3 is 2.31 bits per heavy atom. The van der Waals surface area contributed by atoms with Crippen LogP contribution >= 0.6 is 23.4 Å². The summed E-state index contributed by atoms with van der Waals surface area (Å²) in [6.07, 6.45) is 0. The van der Waals surface area contributed by atoms with Gasteiger partial charge in [-0.2, -0.15) is 10.5 Å². The van der Waals surface area contributed by atoms with Gasteiger partial charge in [-0.05, 0) is 55.0 Å². The molecule has 1 heterocycles. The summed E-state index contributed by atoms with van der Waals surface area (Å²) >= 11 is 7.58. The van der Waals surface area contributed by atoms with Gasteiger partial charge in [0, 0.05) is 16.6 Å². The summed E-state index contributed by atoms with van der Waals surface area (Å²) in [5.41, 5.74) is 2.95. The molecule has 0 amide bonds. The Bertz CT molecular complexity index is 1040. The van der Waals surface area contributed by atoms with Crippen LogP contribution in [0, 0.1) is 29.6 Å². The number of aryl methyl sites for hydroxylation is 1. The predicted molar refractivity (Wildman–Crippen MR) is 101 cm³/mol. The lowest BCUT2D eigenvalue weighted by Crippen LogP contribution is -1.98. The fourth-order valence-corrected chi connectivity index (χ4v) is 3.34. The molecule has 1 N–H and O–H groups in total. The topological polar surface area (TPSA) is 85.4 Å². The highest BCUT2D eigenvalue weighted by molar-refractivity contribution is 7.99. The molecule has 7 heteroatoms. The van der Waals surface area contributed by atoms with Gasteiger partial charge in [0.1, 0.15) is 10.2 Å². The Kier molecular flexibility index (Phi) is 5.38. The standard InChI is InChI=1S/C19H12ClN5S/c1-12-8-14(11-22)4-7-16(12)26-18-9-17(20)24-19(25-18)23-15-5-2-13(10-21)3-6-15/h2-9H,1H3,(H,23,24,25). The first-order chi connectivity index (χ1) is 12.6. The van der Waals surface area contributed by atoms with Crippen LogP contribution in [0.15, 0.2) is 58.5 Å². The summed E-state index contributed by atoms with van der Waals surface area (Å²) in [6, 6.07) is 18.4. The van der Waals surface area contributed by atoms with Crippen LogP contribution in [0.4, 0.5) is 11.6 Å². The average Bonchev–Trinajstić information content (AvgIpc) is 2.63. The van der Waals surface area contributed by atoms with Gasteiger partial charge in [0.15, 0.2) is 0 Å². The number of nitriles is 2. The van der Waals surface area contributed by atoms with Crippen molar-refractivity contribution in [2.45, 2.75) is 16.8 Å². The van der Waals surface area contributed by atoms with Crippen molar-refractivity contribution in [2.24, 2.45) is 0 Å². The first-order valence-corrected chi connectivity index (χ1v) is 8.77. The second-order valence-electron chi connectivity index (χ2n) is 5.36. The van der Waals surface area contributed by atoms with Crippen LogP contribution in [-0.2, 0) is 0 Å². The molecule has 0 fully saturated rings. The van der Waals surface area contributed by atoms with Gasteiger partial charge in [-0.25, -0.2) is 9.97 Å². The SMILES string of the molecule is Cc1cc(C#N)ccc1Sc1cc(Cl)nc(Nc2ccc(C#N)cc2)n1. The largest absolute Gasteiger partial charge is 0.324 e. The molecule has 0 atom stereocenters. The predicted octanol–water partition coefficient (Wildman–Crippen LogP) is 5.08. The molecule has 0 radical (unpaired) electrons. The van der Waals surface area contributed by atoms with E-state index in [0.29, 0.717) is 27.3 Å². The minimum absolute atomic E-state index is 0.324. The van der Waals surface area contributed by atoms with Crippen molar-refractivity contribution in [3.8, 4) is 12.1 Å². The van der Waals surface area contributed by atoms with Gasteiger partial charge in [-0.15, -0.1) is 0 Å². The van der Waals surface area contributed by atoms with Gasteiger partial charge >= 0.3 is 0 Å². The maximum absolute atomic E-state index is 8.97. The van der Waals surface area contributed by atoms with E-state index >= 15 is 0 Å². The lowest BCUT2D eigenvalue weighted by Gasteiger charge is -2.09. The van der Waals surface area contributed by atoms with Crippen molar-refractivity contribution < 1.29 is 0 Å². The first-order valence-electron chi connectivity index (χ1n) is 7.58. The molecule has 26 heavy (non-hydrogen) atoms. The van der Waals surface area contributed by atoms with Crippen molar-refractivity contribution >= 4 is 35.0 Å². The van der Waals surface area contributed by atoms with E-state index in [4.69, 9.17) is 22.1 Å². The van der Waals surface area contributed by atoms with Gasteiger partial charge in [-0.3, -0.25) is 0 Å². The summed E-state index contributed by atoms with van der Waals surface area (Å²) in [7, 11) is 0. The number of nitrogens with one attached hydrogen (secondary N) is 1. The molecule has 3 rings (SSSR count). The normalized spacial score (nSPS) is 10.0. The molecule has 0 spiro atoms. The van der Waals surface area contributed by atoms with Gasteiger partial charge in [0.25, 0.3) is 0 Å². The van der Waals surface area contributed by atoms with E-state index in [0.717, 1.165) is 16.1 Å². The van der Waals surface area contributed by atoms with E-state index in [1.807, 2.05) is 19.1 Å². The average molecular weight is 378 g/mol. The summed E-state index contributed by atoms with van der Waals surface area (Å²) in [4.78, 5) is 9.65. The molecule has 1 aromatic heterocycles. The fourth-order valence-electron chi connectivity index (χ4n) is 2.21. The van der Waals surface area contributed by atoms with Crippen LogP contribution in [0.1, 0.15) is 16.7 Å². The molecular formula is C19H12ClN5S. The maximum Gasteiger partial charge on any atom is 0.229 e. The Morgan fingerprint density at radius 1 is 0.962 bits per heavy atom. The van der Waals surface area contributed by atoms with E-state index < -0.39 is 0 Å². The molecule has 2 aromatic carbocycles. The van der Waals surface area contributed by atoms with E-state index in [2.05, 4.69) is 27.4 Å². The molecule has 0 bridgehead atoms. The third kappa shape index (κ3) is 4.31. The van der Waals surface area contributed by atoms with Crippen molar-refractivity contribution in [3.63, 3.8) is 0 Å². The zero-order valence-electron chi connectivity index (χ0n) is 13.7. The van der Waals surface area contributed by atoms with Gasteiger partial charge < -0.3 is 5.32 Å². The lowest BCUT2D eigenvalue weighted by atomic mass is 10.2. The fraction of sp³-hybridized carbons (Fsp3) is 0.0526. The Hall–Kier alpha value is -3.06. The Balaban J connectivity index is 1.83. The van der Waals surface area contributed by atoms with Crippen LogP contribution in [-0.4, -0.2) is 9.97 Å². The van der Waals surface area contributed by atoms with Crippen molar-refractivity contribution in [1.82, 2.24) is 9.97 Å². The van der Waals surface area contributed by atoms with Crippen molar-refractivity contribution in [3.05, 3.63) is 70.4 Å². The van der Waals surface area contributed by atoms with Gasteiger partial charge in [0.05, 0.1) is 23.3 Å². The number of hydrogen-bond acceptors (Lipinski definition) is 6. The van der Waals surface area contributed by atoms with Gasteiger partial charge in [-0.1, -0.05) is 23.4 Å². The summed E-state index contributed by atoms with van der Waals surface area (Å²) in [6.45, 7) is 1.95. The number of benzene rings is 2. The highest BCUT2D eigenvalue weighted by atomic mass is 35.5. The molecule has 0 saturated carbocycles. The third-order valence-electron chi connectivity index (χ3n) is 3.46. The monoisotopic (exact) mass is 377 g/mol. The van der Waals surface area contributed by atoms with Gasteiger partial charge in [0.2, 0.25) is 5.95 Å². The second kappa shape index (κ2) is 7.88. The second-order valence-corrected chi connectivity index (χ2v) is 6.81. The molecular weight excluding hydrogens is 366 g/mol. The molecule has 0 unspecified atom stereocenters. The molecule has 0 aliphatic rings. The van der Waals surface area contributed by atoms with Crippen LogP contribution in [0.5, 0.6) is 0 Å². The number of rotatable bonds is 4. The minimum Gasteiger partial charge on any atom is -0.324 e. The molecule has 126 valence electrons. The number of hydrogen-bond donors (Lipinski definition) is 1. The van der Waals surface area contributed by atoms with Crippen LogP contribution in [0.25, 0.3) is 0 Å². The van der Waals surface area contributed by atoms with Crippen LogP contribution in [0.3, 0.4) is 0 Å². The highest BCUT2D eigenvalue weighted by Crippen LogP contribution is 2.31. The van der Waals surface area contributed by atoms with Crippen LogP contribution in [0.2, 0.25) is 5.15 Å². The highest BCUT2D eigenvalue weighted by Gasteiger charge is 2.08. The molecule has 0 aliphatic heterocycles. The number of nitrogens with zero attached hydrogens (tertiary/aromatic N) is 4. The molecule has 0 saturated heterocycles. The zero-order chi connectivity index (χ0) is 18.5. The maximum atomic E-state index is 8.97. The quantitative estimate of drug-likeness (QED) is 0.638. The smallest absolute Gasteiger partial charge is 0.229 e. The Labute approximate surface area is 160 Å². The molecule has 5 nitrogen and oxygen atoms in total. The number of halogens is 1. The van der Waals surface area contributed by atoms with Crippen LogP contribution < -0.4 is 5.32 Å². The molecule has 3 aromatic rings. The molecule has 0 aliphatic carbocycles. The van der Waals surface area contributed by atoms with E-state index in [1.54, 1.807) is 36.4 Å². The van der Waals surface area contributed by atoms with E-state index in [-0.39, 0.29) is 0 Å². The van der Waals surface area contributed by atoms with Crippen molar-refractivity contribution in [1.29, 1.82) is 10.5 Å².